The number of benzene rings is 2. The van der Waals surface area contributed by atoms with Gasteiger partial charge in [-0.2, -0.15) is 4.98 Å². The van der Waals surface area contributed by atoms with Gasteiger partial charge in [-0.15, -0.1) is 0 Å². The molecule has 43 heavy (non-hydrogen) atoms. The van der Waals surface area contributed by atoms with Crippen LogP contribution in [0, 0.1) is 5.92 Å². The molecule has 5 rings (SSSR count). The number of nitrogens with zero attached hydrogens (tertiary/aromatic N) is 6. The number of aromatic nitrogens is 2. The quantitative estimate of drug-likeness (QED) is 0.366. The average Bonchev–Trinajstić information content (AvgIpc) is 3.02. The van der Waals surface area contributed by atoms with Crippen molar-refractivity contribution >= 4 is 35.0 Å². The third-order valence-corrected chi connectivity index (χ3v) is 8.27. The zero-order chi connectivity index (χ0) is 30.5. The van der Waals surface area contributed by atoms with Crippen molar-refractivity contribution in [3.63, 3.8) is 0 Å². The summed E-state index contributed by atoms with van der Waals surface area (Å²) in [4.78, 5) is 39.3. The number of hydrogen-bond acceptors (Lipinski definition) is 9. The predicted octanol–water partition coefficient (Wildman–Crippen LogP) is 3.91. The number of piperidine rings is 1. The Labute approximate surface area is 253 Å². The van der Waals surface area contributed by atoms with Crippen LogP contribution in [-0.2, 0) is 11.3 Å². The minimum absolute atomic E-state index is 0.00272. The fourth-order valence-corrected chi connectivity index (χ4v) is 5.83. The molecule has 0 saturated carbocycles. The SMILES string of the molecule is CCC1C(=O)N(C)c2cnc(Nc3ccc(C(=O)NCC4CCN(Cc5ccccc5)CC4)cc3OC)nc2N1N(C)C. The second kappa shape index (κ2) is 13.4. The molecule has 2 aliphatic heterocycles. The van der Waals surface area contributed by atoms with Gasteiger partial charge in [-0.1, -0.05) is 37.3 Å². The van der Waals surface area contributed by atoms with Gasteiger partial charge in [0.2, 0.25) is 5.95 Å². The molecule has 2 amide bonds. The first-order chi connectivity index (χ1) is 20.8. The van der Waals surface area contributed by atoms with Crippen molar-refractivity contribution in [3.05, 3.63) is 65.9 Å². The van der Waals surface area contributed by atoms with Crippen LogP contribution in [0.15, 0.2) is 54.7 Å². The van der Waals surface area contributed by atoms with E-state index in [-0.39, 0.29) is 17.9 Å². The molecule has 2 N–H and O–H groups in total. The van der Waals surface area contributed by atoms with E-state index in [4.69, 9.17) is 9.72 Å². The minimum Gasteiger partial charge on any atom is -0.495 e. The van der Waals surface area contributed by atoms with E-state index in [0.29, 0.717) is 53.3 Å². The Balaban J connectivity index is 1.21. The highest BCUT2D eigenvalue weighted by Crippen LogP contribution is 2.36. The summed E-state index contributed by atoms with van der Waals surface area (Å²) in [6, 6.07) is 15.5. The van der Waals surface area contributed by atoms with Crippen LogP contribution in [0.5, 0.6) is 5.75 Å². The summed E-state index contributed by atoms with van der Waals surface area (Å²) in [6.07, 6.45) is 4.41. The number of carbonyl (C=O) groups is 2. The molecule has 0 radical (unpaired) electrons. The molecule has 11 nitrogen and oxygen atoms in total. The Hall–Kier alpha value is -4.22. The van der Waals surface area contributed by atoms with Crippen molar-refractivity contribution in [2.75, 3.05) is 63.1 Å². The molecule has 0 bridgehead atoms. The standard InChI is InChI=1S/C32H42N8O3/c1-6-26-31(42)38(4)27-20-34-32(36-29(27)40(26)37(2)3)35-25-13-12-24(18-28(25)43-5)30(41)33-19-22-14-16-39(17-15-22)21-23-10-8-7-9-11-23/h7-13,18,20,22,26H,6,14-17,19,21H2,1-5H3,(H,33,41)(H,34,35,36). The Morgan fingerprint density at radius 1 is 1.12 bits per heavy atom. The molecule has 1 atom stereocenters. The monoisotopic (exact) mass is 586 g/mol. The molecule has 3 heterocycles. The van der Waals surface area contributed by atoms with Crippen LogP contribution < -0.4 is 25.3 Å². The molecule has 2 aromatic carbocycles. The van der Waals surface area contributed by atoms with Crippen LogP contribution in [-0.4, -0.2) is 85.6 Å². The zero-order valence-corrected chi connectivity index (χ0v) is 25.7. The van der Waals surface area contributed by atoms with E-state index < -0.39 is 0 Å². The molecule has 0 aliphatic carbocycles. The number of rotatable bonds is 10. The largest absolute Gasteiger partial charge is 0.495 e. The average molecular weight is 587 g/mol. The first-order valence-electron chi connectivity index (χ1n) is 14.9. The molecular weight excluding hydrogens is 544 g/mol. The van der Waals surface area contributed by atoms with Crippen molar-refractivity contribution < 1.29 is 14.3 Å². The van der Waals surface area contributed by atoms with Gasteiger partial charge in [-0.05, 0) is 62.0 Å². The van der Waals surface area contributed by atoms with E-state index in [1.165, 1.54) is 5.56 Å². The van der Waals surface area contributed by atoms with Crippen molar-refractivity contribution in [2.45, 2.75) is 38.8 Å². The first kappa shape index (κ1) is 30.2. The van der Waals surface area contributed by atoms with Gasteiger partial charge in [0.1, 0.15) is 17.5 Å². The fraction of sp³-hybridized carbons (Fsp3) is 0.438. The fourth-order valence-electron chi connectivity index (χ4n) is 5.83. The molecule has 0 spiro atoms. The maximum absolute atomic E-state index is 13.0. The number of likely N-dealkylation sites (tertiary alicyclic amines) is 1. The smallest absolute Gasteiger partial charge is 0.251 e. The highest BCUT2D eigenvalue weighted by molar-refractivity contribution is 6.04. The zero-order valence-electron chi connectivity index (χ0n) is 25.7. The van der Waals surface area contributed by atoms with Crippen molar-refractivity contribution in [3.8, 4) is 5.75 Å². The van der Waals surface area contributed by atoms with E-state index in [1.807, 2.05) is 37.1 Å². The number of methoxy groups -OCH3 is 1. The molecule has 2 aliphatic rings. The second-order valence-corrected chi connectivity index (χ2v) is 11.4. The van der Waals surface area contributed by atoms with Gasteiger partial charge in [0.05, 0.1) is 19.0 Å². The van der Waals surface area contributed by atoms with Crippen LogP contribution >= 0.6 is 0 Å². The van der Waals surface area contributed by atoms with Crippen LogP contribution in [0.25, 0.3) is 0 Å². The number of nitrogens with one attached hydrogen (secondary N) is 2. The molecular formula is C32H42N8O3. The number of carbonyl (C=O) groups excluding carboxylic acids is 2. The summed E-state index contributed by atoms with van der Waals surface area (Å²) in [5.41, 5.74) is 3.13. The van der Waals surface area contributed by atoms with Crippen molar-refractivity contribution in [2.24, 2.45) is 5.92 Å². The third-order valence-electron chi connectivity index (χ3n) is 8.27. The van der Waals surface area contributed by atoms with E-state index in [9.17, 15) is 9.59 Å². The summed E-state index contributed by atoms with van der Waals surface area (Å²) in [6.45, 7) is 5.68. The van der Waals surface area contributed by atoms with Crippen LogP contribution in [0.3, 0.4) is 0 Å². The Morgan fingerprint density at radius 2 is 1.86 bits per heavy atom. The lowest BCUT2D eigenvalue weighted by Gasteiger charge is -2.43. The van der Waals surface area contributed by atoms with E-state index >= 15 is 0 Å². The number of fused-ring (bicyclic) bond motifs is 1. The van der Waals surface area contributed by atoms with Crippen LogP contribution in [0.4, 0.5) is 23.1 Å². The molecule has 1 saturated heterocycles. The van der Waals surface area contributed by atoms with Gasteiger partial charge in [0, 0.05) is 39.8 Å². The van der Waals surface area contributed by atoms with E-state index in [2.05, 4.69) is 44.8 Å². The number of hydrazine groups is 1. The first-order valence-corrected chi connectivity index (χ1v) is 14.9. The van der Waals surface area contributed by atoms with Crippen molar-refractivity contribution in [1.82, 2.24) is 25.2 Å². The molecule has 1 unspecified atom stereocenters. The summed E-state index contributed by atoms with van der Waals surface area (Å²) in [7, 11) is 7.10. The van der Waals surface area contributed by atoms with Gasteiger partial charge >= 0.3 is 0 Å². The summed E-state index contributed by atoms with van der Waals surface area (Å²) in [5, 5.41) is 10.1. The Bertz CT molecular complexity index is 1430. The van der Waals surface area contributed by atoms with Gasteiger partial charge in [0.25, 0.3) is 11.8 Å². The normalized spacial score (nSPS) is 17.6. The molecule has 1 aromatic heterocycles. The molecule has 1 fully saturated rings. The van der Waals surface area contributed by atoms with Gasteiger partial charge < -0.3 is 20.3 Å². The summed E-state index contributed by atoms with van der Waals surface area (Å²) < 4.78 is 5.63. The highest BCUT2D eigenvalue weighted by atomic mass is 16.5. The van der Waals surface area contributed by atoms with Gasteiger partial charge in [-0.3, -0.25) is 19.5 Å². The predicted molar refractivity (Wildman–Crippen MR) is 169 cm³/mol. The molecule has 3 aromatic rings. The van der Waals surface area contributed by atoms with E-state index in [0.717, 1.165) is 32.5 Å². The van der Waals surface area contributed by atoms with Gasteiger partial charge in [-0.25, -0.2) is 9.99 Å². The minimum atomic E-state index is -0.357. The lowest BCUT2D eigenvalue weighted by atomic mass is 9.96. The topological polar surface area (TPSA) is 106 Å². The number of ether oxygens (including phenoxy) is 1. The Kier molecular flexibility index (Phi) is 9.42. The molecule has 11 heteroatoms. The highest BCUT2D eigenvalue weighted by Gasteiger charge is 2.38. The summed E-state index contributed by atoms with van der Waals surface area (Å²) >= 11 is 0. The van der Waals surface area contributed by atoms with Crippen LogP contribution in [0.1, 0.15) is 42.1 Å². The van der Waals surface area contributed by atoms with Crippen LogP contribution in [0.2, 0.25) is 0 Å². The number of amides is 2. The third kappa shape index (κ3) is 6.73. The Morgan fingerprint density at radius 3 is 2.53 bits per heavy atom. The maximum atomic E-state index is 13.0. The maximum Gasteiger partial charge on any atom is 0.251 e. The number of hydrogen-bond donors (Lipinski definition) is 2. The van der Waals surface area contributed by atoms with E-state index in [1.54, 1.807) is 43.5 Å². The summed E-state index contributed by atoms with van der Waals surface area (Å²) in [5.74, 6) is 1.84. The second-order valence-electron chi connectivity index (χ2n) is 11.4. The lowest BCUT2D eigenvalue weighted by Crippen LogP contribution is -2.57. The van der Waals surface area contributed by atoms with Gasteiger partial charge in [0.15, 0.2) is 5.82 Å². The van der Waals surface area contributed by atoms with Crippen molar-refractivity contribution in [1.29, 1.82) is 0 Å². The number of likely N-dealkylation sites (N-methyl/N-ethyl adjacent to an activating group) is 1. The molecule has 228 valence electrons. The lowest BCUT2D eigenvalue weighted by molar-refractivity contribution is -0.120. The number of anilines is 4.